The van der Waals surface area contributed by atoms with Gasteiger partial charge in [0.05, 0.1) is 17.6 Å². The second kappa shape index (κ2) is 5.86. The maximum absolute atomic E-state index is 6.05. The first-order valence-electron chi connectivity index (χ1n) is 7.76. The number of aromatic nitrogens is 1. The molecule has 2 atom stereocenters. The van der Waals surface area contributed by atoms with Crippen LogP contribution in [0.2, 0.25) is 0 Å². The lowest BCUT2D eigenvalue weighted by Gasteiger charge is -2.34. The van der Waals surface area contributed by atoms with Crippen molar-refractivity contribution in [2.75, 3.05) is 11.4 Å². The quantitative estimate of drug-likeness (QED) is 0.930. The summed E-state index contributed by atoms with van der Waals surface area (Å²) in [6.45, 7) is 5.43. The van der Waals surface area contributed by atoms with Gasteiger partial charge in [-0.05, 0) is 42.5 Å². The molecule has 0 saturated carbocycles. The second-order valence-electron chi connectivity index (χ2n) is 6.00. The predicted molar refractivity (Wildman–Crippen MR) is 87.8 cm³/mol. The summed E-state index contributed by atoms with van der Waals surface area (Å²) < 4.78 is 0. The first kappa shape index (κ1) is 14.1. The van der Waals surface area contributed by atoms with Crippen LogP contribution in [0.3, 0.4) is 0 Å². The minimum atomic E-state index is 0.0339. The molecule has 0 spiro atoms. The first-order valence-corrected chi connectivity index (χ1v) is 7.76. The number of nitrogens with two attached hydrogens (primary N) is 1. The van der Waals surface area contributed by atoms with Gasteiger partial charge in [-0.2, -0.15) is 0 Å². The van der Waals surface area contributed by atoms with E-state index in [0.29, 0.717) is 5.92 Å². The van der Waals surface area contributed by atoms with Crippen LogP contribution in [-0.2, 0) is 6.42 Å². The SMILES string of the molecule is CC[C@@H](N)c1ccc(N2CC(C)Cc3ccccc32)cn1. The molecule has 1 unspecified atom stereocenters. The number of fused-ring (bicyclic) bond motifs is 1. The highest BCUT2D eigenvalue weighted by molar-refractivity contribution is 5.67. The van der Waals surface area contributed by atoms with Gasteiger partial charge in [0.25, 0.3) is 0 Å². The summed E-state index contributed by atoms with van der Waals surface area (Å²) in [7, 11) is 0. The number of rotatable bonds is 3. The molecule has 0 bridgehead atoms. The zero-order valence-corrected chi connectivity index (χ0v) is 12.8. The lowest BCUT2D eigenvalue weighted by Crippen LogP contribution is -2.30. The van der Waals surface area contributed by atoms with Crippen molar-refractivity contribution in [1.82, 2.24) is 4.98 Å². The summed E-state index contributed by atoms with van der Waals surface area (Å²) >= 11 is 0. The Labute approximate surface area is 126 Å². The second-order valence-corrected chi connectivity index (χ2v) is 6.00. The van der Waals surface area contributed by atoms with Crippen molar-refractivity contribution >= 4 is 11.4 Å². The van der Waals surface area contributed by atoms with Gasteiger partial charge in [-0.15, -0.1) is 0 Å². The zero-order valence-electron chi connectivity index (χ0n) is 12.8. The van der Waals surface area contributed by atoms with Crippen LogP contribution in [0.15, 0.2) is 42.6 Å². The highest BCUT2D eigenvalue weighted by atomic mass is 15.2. The number of nitrogens with zero attached hydrogens (tertiary/aromatic N) is 2. The fourth-order valence-electron chi connectivity index (χ4n) is 3.03. The summed E-state index contributed by atoms with van der Waals surface area (Å²) in [5.74, 6) is 0.650. The van der Waals surface area contributed by atoms with Gasteiger partial charge in [0.2, 0.25) is 0 Å². The van der Waals surface area contributed by atoms with Crippen LogP contribution < -0.4 is 10.6 Å². The third-order valence-corrected chi connectivity index (χ3v) is 4.25. The molecule has 3 heteroatoms. The van der Waals surface area contributed by atoms with Crippen molar-refractivity contribution in [3.63, 3.8) is 0 Å². The van der Waals surface area contributed by atoms with E-state index < -0.39 is 0 Å². The third-order valence-electron chi connectivity index (χ3n) is 4.25. The molecule has 0 saturated heterocycles. The molecule has 0 fully saturated rings. The van der Waals surface area contributed by atoms with Gasteiger partial charge in [-0.3, -0.25) is 4.98 Å². The van der Waals surface area contributed by atoms with Crippen LogP contribution in [0.4, 0.5) is 11.4 Å². The molecule has 1 aliphatic rings. The van der Waals surface area contributed by atoms with Crippen molar-refractivity contribution in [3.8, 4) is 0 Å². The standard InChI is InChI=1S/C18H23N3/c1-3-16(19)17-9-8-15(11-20-17)21-12-13(2)10-14-6-4-5-7-18(14)21/h4-9,11,13,16H,3,10,12,19H2,1-2H3/t13?,16-/m1/s1. The summed E-state index contributed by atoms with van der Waals surface area (Å²) in [5, 5.41) is 0. The first-order chi connectivity index (χ1) is 10.2. The lowest BCUT2D eigenvalue weighted by atomic mass is 9.93. The maximum Gasteiger partial charge on any atom is 0.0597 e. The lowest BCUT2D eigenvalue weighted by molar-refractivity contribution is 0.562. The molecule has 3 rings (SSSR count). The molecule has 0 radical (unpaired) electrons. The van der Waals surface area contributed by atoms with Crippen molar-refractivity contribution in [3.05, 3.63) is 53.9 Å². The highest BCUT2D eigenvalue weighted by Gasteiger charge is 2.22. The van der Waals surface area contributed by atoms with Gasteiger partial charge >= 0.3 is 0 Å². The Morgan fingerprint density at radius 3 is 2.81 bits per heavy atom. The van der Waals surface area contributed by atoms with Crippen molar-refractivity contribution < 1.29 is 0 Å². The number of benzene rings is 1. The molecule has 110 valence electrons. The monoisotopic (exact) mass is 281 g/mol. The largest absolute Gasteiger partial charge is 0.340 e. The van der Waals surface area contributed by atoms with E-state index in [-0.39, 0.29) is 6.04 Å². The van der Waals surface area contributed by atoms with Crippen LogP contribution in [0, 0.1) is 5.92 Å². The molecule has 1 aliphatic heterocycles. The fraction of sp³-hybridized carbons (Fsp3) is 0.389. The summed E-state index contributed by atoms with van der Waals surface area (Å²) in [6, 6.07) is 12.9. The molecule has 1 aromatic heterocycles. The minimum absolute atomic E-state index is 0.0339. The average molecular weight is 281 g/mol. The Morgan fingerprint density at radius 1 is 1.29 bits per heavy atom. The summed E-state index contributed by atoms with van der Waals surface area (Å²) in [6.07, 6.45) is 4.02. The van der Waals surface area contributed by atoms with E-state index in [1.807, 2.05) is 6.20 Å². The summed E-state index contributed by atoms with van der Waals surface area (Å²) in [4.78, 5) is 6.93. The van der Waals surface area contributed by atoms with Gasteiger partial charge in [-0.25, -0.2) is 0 Å². The smallest absolute Gasteiger partial charge is 0.0597 e. The fourth-order valence-corrected chi connectivity index (χ4v) is 3.03. The number of para-hydroxylation sites is 1. The van der Waals surface area contributed by atoms with E-state index in [1.54, 1.807) is 0 Å². The predicted octanol–water partition coefficient (Wildman–Crippen LogP) is 3.82. The number of hydrogen-bond donors (Lipinski definition) is 1. The van der Waals surface area contributed by atoms with E-state index in [1.165, 1.54) is 11.3 Å². The van der Waals surface area contributed by atoms with Gasteiger partial charge in [-0.1, -0.05) is 32.0 Å². The molecule has 0 aliphatic carbocycles. The van der Waals surface area contributed by atoms with Crippen molar-refractivity contribution in [1.29, 1.82) is 0 Å². The molecule has 2 N–H and O–H groups in total. The molecule has 1 aromatic carbocycles. The van der Waals surface area contributed by atoms with Crippen molar-refractivity contribution in [2.45, 2.75) is 32.7 Å². The van der Waals surface area contributed by atoms with E-state index in [2.05, 4.69) is 60.1 Å². The maximum atomic E-state index is 6.05. The van der Waals surface area contributed by atoms with Crippen LogP contribution in [0.25, 0.3) is 0 Å². The van der Waals surface area contributed by atoms with Crippen LogP contribution in [0.1, 0.15) is 37.6 Å². The number of anilines is 2. The van der Waals surface area contributed by atoms with E-state index in [9.17, 15) is 0 Å². The summed E-state index contributed by atoms with van der Waals surface area (Å²) in [5.41, 5.74) is 10.9. The topological polar surface area (TPSA) is 42.1 Å². The van der Waals surface area contributed by atoms with E-state index in [4.69, 9.17) is 5.73 Å². The Kier molecular flexibility index (Phi) is 3.93. The zero-order chi connectivity index (χ0) is 14.8. The van der Waals surface area contributed by atoms with Crippen molar-refractivity contribution in [2.24, 2.45) is 11.7 Å². The van der Waals surface area contributed by atoms with Crippen LogP contribution in [0.5, 0.6) is 0 Å². The van der Waals surface area contributed by atoms with Gasteiger partial charge in [0.15, 0.2) is 0 Å². The minimum Gasteiger partial charge on any atom is -0.340 e. The Morgan fingerprint density at radius 2 is 2.10 bits per heavy atom. The normalized spacial score (nSPS) is 19.2. The molecular formula is C18H23N3. The third kappa shape index (κ3) is 2.79. The van der Waals surface area contributed by atoms with E-state index >= 15 is 0 Å². The average Bonchev–Trinajstić information content (AvgIpc) is 2.53. The molecule has 2 heterocycles. The highest BCUT2D eigenvalue weighted by Crippen LogP contribution is 2.35. The molecule has 2 aromatic rings. The number of hydrogen-bond acceptors (Lipinski definition) is 3. The molecule has 3 nitrogen and oxygen atoms in total. The van der Waals surface area contributed by atoms with Crippen LogP contribution in [-0.4, -0.2) is 11.5 Å². The number of pyridine rings is 1. The van der Waals surface area contributed by atoms with Gasteiger partial charge in [0.1, 0.15) is 0 Å². The van der Waals surface area contributed by atoms with Crippen LogP contribution >= 0.6 is 0 Å². The Balaban J connectivity index is 1.93. The Hall–Kier alpha value is -1.87. The molecule has 21 heavy (non-hydrogen) atoms. The molecule has 0 amide bonds. The molecular weight excluding hydrogens is 258 g/mol. The Bertz CT molecular complexity index is 606. The van der Waals surface area contributed by atoms with Gasteiger partial charge in [0, 0.05) is 18.3 Å². The van der Waals surface area contributed by atoms with Gasteiger partial charge < -0.3 is 10.6 Å². The van der Waals surface area contributed by atoms with E-state index in [0.717, 1.165) is 30.8 Å².